The monoisotopic (exact) mass is 1560 g/mol. The molecule has 0 aliphatic carbocycles. The Morgan fingerprint density at radius 1 is 0.291 bits per heavy atom. The lowest BCUT2D eigenvalue weighted by molar-refractivity contribution is -0.778. The van der Waals surface area contributed by atoms with Gasteiger partial charge in [-0.1, -0.05) is 182 Å². The van der Waals surface area contributed by atoms with E-state index >= 15 is 0 Å². The molecule has 0 radical (unpaired) electrons. The molecule has 8 aromatic carbocycles. The van der Waals surface area contributed by atoms with Gasteiger partial charge in [0.25, 0.3) is 0 Å². The minimum absolute atomic E-state index is 0.301. The summed E-state index contributed by atoms with van der Waals surface area (Å²) >= 11 is 0. The van der Waals surface area contributed by atoms with Crippen LogP contribution >= 0.6 is 0 Å². The molecule has 10 aromatic rings. The highest BCUT2D eigenvalue weighted by Gasteiger charge is 2.37. The zero-order valence-electron chi connectivity index (χ0n) is 60.1. The topological polar surface area (TPSA) is 233 Å². The number of halogens is 6. The maximum absolute atomic E-state index is 10.7. The van der Waals surface area contributed by atoms with Crippen LogP contribution in [0.15, 0.2) is 255 Å². The smallest absolute Gasteiger partial charge is 0.485 e. The van der Waals surface area contributed by atoms with Crippen LogP contribution in [0.1, 0.15) is 44.5 Å². The maximum Gasteiger partial charge on any atom is 0.485 e. The number of alkyl halides is 6. The minimum Gasteiger partial charge on any atom is -0.741 e. The molecule has 28 heteroatoms. The standard InChI is InChI=1S/C56H64O12.C24H22N2.2CHF3O3S/c1-5-13-45(14-6-1)37-61-41-49-33-53-54(34-50(49)42-62-38-46-15-7-2-8-16-46)66-30-26-58-23-24-60-28-32-68-56-36-52(44-64-40-48-19-11-4-12-20-48)51(43-63-39-47-17-9-3-10-18-47)35-55(56)67-31-27-59-22-21-57-25-29-65-53;1-3-7-21(8-4-1)23-11-15-25(16-12-23)19-20-26-17-13-24(14-18-26)22-9-5-2-6-10-22;2*2-1(3,4)8(5,6)7/h1-20,33-36H,21-32,37-44H2;1-18H,19-20H2;2*(H,5,6,7)/q;+2;;/p-2. The van der Waals surface area contributed by atoms with Crippen LogP contribution in [-0.4, -0.2) is 116 Å². The number of pyridine rings is 2. The van der Waals surface area contributed by atoms with Gasteiger partial charge >= 0.3 is 11.0 Å². The Morgan fingerprint density at radius 2 is 0.482 bits per heavy atom. The molecule has 0 N–H and O–H groups in total. The molecule has 0 unspecified atom stereocenters. The molecule has 0 fully saturated rings. The van der Waals surface area contributed by atoms with E-state index in [0.29, 0.717) is 155 Å². The van der Waals surface area contributed by atoms with Crippen molar-refractivity contribution < 1.29 is 118 Å². The van der Waals surface area contributed by atoms with Crippen LogP contribution in [0.5, 0.6) is 23.0 Å². The fourth-order valence-electron chi connectivity index (χ4n) is 10.3. The lowest BCUT2D eigenvalue weighted by atomic mass is 10.1. The Labute approximate surface area is 636 Å². The molecule has 20 nitrogen and oxygen atoms in total. The summed E-state index contributed by atoms with van der Waals surface area (Å²) in [5.41, 5.74) is 1.88. The van der Waals surface area contributed by atoms with E-state index < -0.39 is 31.3 Å². The van der Waals surface area contributed by atoms with Crippen LogP contribution in [0, 0.1) is 0 Å². The fraction of sp³-hybridized carbons (Fsp3) is 0.293. The SMILES string of the molecule is O=S(=O)([O-])C(F)(F)F.O=S(=O)([O-])C(F)(F)F.c1ccc(-c2cc[n+](CC[n+]3ccc(-c4ccccc4)cc3)cc2)cc1.c1ccc(COCc2cc3c(cc2COCc2ccccc2)OCCOCCOCCOc2cc(COCc4ccccc4)c(COCc4ccccc4)cc2OCCOCCOCCO3)cc1. The van der Waals surface area contributed by atoms with Gasteiger partial charge in [-0.3, -0.25) is 0 Å². The fourth-order valence-corrected chi connectivity index (χ4v) is 10.3. The number of nitrogens with zero attached hydrogens (tertiary/aromatic N) is 2. The van der Waals surface area contributed by atoms with Crippen LogP contribution in [-0.2, 0) is 124 Å². The van der Waals surface area contributed by atoms with Crippen molar-refractivity contribution in [3.63, 3.8) is 0 Å². The van der Waals surface area contributed by atoms with E-state index in [4.69, 9.17) is 82.8 Å². The minimum atomic E-state index is -6.09. The van der Waals surface area contributed by atoms with Crippen LogP contribution in [0.25, 0.3) is 22.3 Å². The Bertz CT molecular complexity index is 4030. The predicted octanol–water partition coefficient (Wildman–Crippen LogP) is 14.2. The molecule has 0 atom stereocenters. The maximum atomic E-state index is 10.7. The van der Waals surface area contributed by atoms with Gasteiger partial charge in [0.1, 0.15) is 26.4 Å². The quantitative estimate of drug-likeness (QED) is 0.0281. The molecule has 1 aliphatic rings. The molecular formula is C82H86F6N2O18S2. The van der Waals surface area contributed by atoms with Gasteiger partial charge in [-0.25, -0.2) is 16.8 Å². The third kappa shape index (κ3) is 31.7. The first-order valence-corrected chi connectivity index (χ1v) is 37.7. The number of aromatic nitrogens is 2. The summed E-state index contributed by atoms with van der Waals surface area (Å²) in [6.45, 7) is 9.38. The second kappa shape index (κ2) is 46.1. The van der Waals surface area contributed by atoms with E-state index in [0.717, 1.165) is 57.6 Å². The largest absolute Gasteiger partial charge is 0.741 e. The Balaban J connectivity index is 0.000000292. The lowest BCUT2D eigenvalue weighted by Gasteiger charge is -2.19. The van der Waals surface area contributed by atoms with E-state index in [9.17, 15) is 26.3 Å². The van der Waals surface area contributed by atoms with E-state index in [1.165, 1.54) is 22.3 Å². The molecule has 11 rings (SSSR count). The van der Waals surface area contributed by atoms with E-state index in [-0.39, 0.29) is 0 Å². The van der Waals surface area contributed by atoms with Gasteiger partial charge in [-0.2, -0.15) is 35.5 Å². The van der Waals surface area contributed by atoms with E-state index in [2.05, 4.69) is 107 Å². The molecule has 1 aliphatic heterocycles. The number of ether oxygens (including phenoxy) is 12. The van der Waals surface area contributed by atoms with Gasteiger partial charge in [0.05, 0.1) is 106 Å². The summed E-state index contributed by atoms with van der Waals surface area (Å²) in [6, 6.07) is 78.0. The van der Waals surface area contributed by atoms with Crippen molar-refractivity contribution in [1.82, 2.24) is 0 Å². The third-order valence-corrected chi connectivity index (χ3v) is 17.0. The van der Waals surface area contributed by atoms with Crippen molar-refractivity contribution in [2.24, 2.45) is 0 Å². The Kier molecular flexibility index (Phi) is 36.0. The first-order chi connectivity index (χ1) is 53.1. The normalized spacial score (nSPS) is 13.6. The number of fused-ring (bicyclic) bond motifs is 2. The first kappa shape index (κ1) is 85.9. The molecule has 2 aromatic heterocycles. The zero-order valence-corrected chi connectivity index (χ0v) is 61.8. The molecule has 0 bridgehead atoms. The summed E-state index contributed by atoms with van der Waals surface area (Å²) in [7, 11) is -12.2. The number of aryl methyl sites for hydroxylation is 2. The van der Waals surface area contributed by atoms with Crippen molar-refractivity contribution in [3.05, 3.63) is 300 Å². The highest BCUT2D eigenvalue weighted by Crippen LogP contribution is 2.35. The van der Waals surface area contributed by atoms with Gasteiger partial charge in [0, 0.05) is 24.3 Å². The van der Waals surface area contributed by atoms with Crippen molar-refractivity contribution in [2.75, 3.05) is 79.3 Å². The second-order valence-electron chi connectivity index (χ2n) is 24.1. The molecule has 3 heterocycles. The Hall–Kier alpha value is -9.66. The van der Waals surface area contributed by atoms with Crippen molar-refractivity contribution in [1.29, 1.82) is 0 Å². The number of benzene rings is 8. The number of hydrogen-bond donors (Lipinski definition) is 0. The summed E-state index contributed by atoms with van der Waals surface area (Å²) in [5.74, 6) is 2.34. The molecule has 0 spiro atoms. The van der Waals surface area contributed by atoms with Crippen molar-refractivity contribution in [3.8, 4) is 45.3 Å². The average molecular weight is 1570 g/mol. The molecule has 110 heavy (non-hydrogen) atoms. The van der Waals surface area contributed by atoms with Crippen LogP contribution in [0.2, 0.25) is 0 Å². The van der Waals surface area contributed by atoms with Gasteiger partial charge in [0.15, 0.2) is 68.0 Å². The van der Waals surface area contributed by atoms with E-state index in [1.54, 1.807) is 0 Å². The van der Waals surface area contributed by atoms with Gasteiger partial charge < -0.3 is 65.9 Å². The summed E-state index contributed by atoms with van der Waals surface area (Å²) in [5, 5.41) is 0. The van der Waals surface area contributed by atoms with Gasteiger partial charge in [-0.05, 0) is 91.0 Å². The summed E-state index contributed by atoms with van der Waals surface area (Å²) < 4.78 is 196. The predicted molar refractivity (Wildman–Crippen MR) is 394 cm³/mol. The first-order valence-electron chi connectivity index (χ1n) is 34.9. The highest BCUT2D eigenvalue weighted by molar-refractivity contribution is 7.86. The highest BCUT2D eigenvalue weighted by atomic mass is 32.2. The third-order valence-electron chi connectivity index (χ3n) is 15.9. The zero-order chi connectivity index (χ0) is 78.1. The number of rotatable bonds is 21. The molecule has 586 valence electrons. The molecule has 0 saturated carbocycles. The van der Waals surface area contributed by atoms with Gasteiger partial charge in [-0.15, -0.1) is 0 Å². The average Bonchev–Trinajstić information content (AvgIpc) is 0.866. The number of hydrogen-bond acceptors (Lipinski definition) is 18. The summed E-state index contributed by atoms with van der Waals surface area (Å²) in [6.07, 6.45) is 8.62. The van der Waals surface area contributed by atoms with Gasteiger partial charge in [0.2, 0.25) is 13.1 Å². The summed E-state index contributed by atoms with van der Waals surface area (Å²) in [4.78, 5) is 0. The van der Waals surface area contributed by atoms with Crippen molar-refractivity contribution >= 4 is 20.2 Å². The van der Waals surface area contributed by atoms with Crippen LogP contribution in [0.4, 0.5) is 26.3 Å². The molecule has 0 amide bonds. The van der Waals surface area contributed by atoms with Crippen molar-refractivity contribution in [2.45, 2.75) is 77.0 Å². The van der Waals surface area contributed by atoms with Crippen LogP contribution < -0.4 is 28.1 Å². The van der Waals surface area contributed by atoms with Crippen LogP contribution in [0.3, 0.4) is 0 Å². The molecule has 0 saturated heterocycles. The lowest BCUT2D eigenvalue weighted by Crippen LogP contribution is -2.43. The Morgan fingerprint density at radius 3 is 0.691 bits per heavy atom. The second-order valence-corrected chi connectivity index (χ2v) is 26.8. The van der Waals surface area contributed by atoms with E-state index in [1.807, 2.05) is 158 Å². The molecular weight excluding hydrogens is 1480 g/mol.